The Hall–Kier alpha value is -0.670. The van der Waals surface area contributed by atoms with Crippen molar-refractivity contribution in [2.45, 2.75) is 19.4 Å². The van der Waals surface area contributed by atoms with Crippen LogP contribution in [0.2, 0.25) is 0 Å². The zero-order chi connectivity index (χ0) is 11.8. The number of nitrogens with one attached hydrogen (secondary N) is 1. The van der Waals surface area contributed by atoms with Crippen LogP contribution >= 0.6 is 11.8 Å². The fourth-order valence-corrected chi connectivity index (χ4v) is 2.22. The van der Waals surface area contributed by atoms with Crippen molar-refractivity contribution >= 4 is 11.8 Å². The number of hydrogen-bond acceptors (Lipinski definition) is 3. The Kier molecular flexibility index (Phi) is 6.34. The molecule has 1 rings (SSSR count). The first-order valence-electron chi connectivity index (χ1n) is 5.71. The molecule has 0 aliphatic heterocycles. The highest BCUT2D eigenvalue weighted by molar-refractivity contribution is 7.98. The van der Waals surface area contributed by atoms with E-state index in [-0.39, 0.29) is 0 Å². The molecule has 1 aromatic carbocycles. The van der Waals surface area contributed by atoms with Gasteiger partial charge in [0, 0.05) is 11.6 Å². The molecule has 0 aromatic heterocycles. The SMILES string of the molecule is CCOc1ccccc1C(CCSC)NC. The second-order valence-corrected chi connectivity index (χ2v) is 4.58. The van der Waals surface area contributed by atoms with Crippen molar-refractivity contribution in [3.05, 3.63) is 29.8 Å². The van der Waals surface area contributed by atoms with E-state index in [4.69, 9.17) is 4.74 Å². The Morgan fingerprint density at radius 3 is 2.75 bits per heavy atom. The highest BCUT2D eigenvalue weighted by Gasteiger charge is 2.13. The van der Waals surface area contributed by atoms with Gasteiger partial charge in [-0.15, -0.1) is 0 Å². The standard InChI is InChI=1S/C13H21NOS/c1-4-15-13-8-6-5-7-11(13)12(14-2)9-10-16-3/h5-8,12,14H,4,9-10H2,1-3H3. The summed E-state index contributed by atoms with van der Waals surface area (Å²) in [5.74, 6) is 2.16. The summed E-state index contributed by atoms with van der Waals surface area (Å²) in [4.78, 5) is 0. The molecule has 0 amide bonds. The Bertz CT molecular complexity index is 304. The molecule has 0 aliphatic rings. The molecule has 0 saturated heterocycles. The molecule has 16 heavy (non-hydrogen) atoms. The van der Waals surface area contributed by atoms with Gasteiger partial charge in [-0.05, 0) is 38.5 Å². The molecule has 0 bridgehead atoms. The smallest absolute Gasteiger partial charge is 0.124 e. The normalized spacial score (nSPS) is 12.4. The molecule has 0 spiro atoms. The van der Waals surface area contributed by atoms with Crippen LogP contribution < -0.4 is 10.1 Å². The quantitative estimate of drug-likeness (QED) is 0.790. The van der Waals surface area contributed by atoms with Crippen LogP contribution in [0.25, 0.3) is 0 Å². The molecule has 90 valence electrons. The van der Waals surface area contributed by atoms with Crippen LogP contribution in [0.1, 0.15) is 24.9 Å². The zero-order valence-corrected chi connectivity index (χ0v) is 11.1. The summed E-state index contributed by atoms with van der Waals surface area (Å²) in [6, 6.07) is 8.67. The third-order valence-corrected chi connectivity index (χ3v) is 3.20. The number of rotatable bonds is 7. The molecule has 0 saturated carbocycles. The molecular weight excluding hydrogens is 218 g/mol. The van der Waals surface area contributed by atoms with E-state index in [0.717, 1.165) is 24.5 Å². The Morgan fingerprint density at radius 1 is 1.38 bits per heavy atom. The first-order chi connectivity index (χ1) is 7.83. The topological polar surface area (TPSA) is 21.3 Å². The van der Waals surface area contributed by atoms with Crippen molar-refractivity contribution in [3.63, 3.8) is 0 Å². The van der Waals surface area contributed by atoms with E-state index in [9.17, 15) is 0 Å². The number of ether oxygens (including phenoxy) is 1. The Morgan fingerprint density at radius 2 is 2.12 bits per heavy atom. The lowest BCUT2D eigenvalue weighted by atomic mass is 10.0. The average molecular weight is 239 g/mol. The van der Waals surface area contributed by atoms with E-state index >= 15 is 0 Å². The van der Waals surface area contributed by atoms with Gasteiger partial charge in [-0.2, -0.15) is 11.8 Å². The van der Waals surface area contributed by atoms with Gasteiger partial charge in [-0.25, -0.2) is 0 Å². The fraction of sp³-hybridized carbons (Fsp3) is 0.538. The summed E-state index contributed by atoms with van der Waals surface area (Å²) >= 11 is 1.88. The summed E-state index contributed by atoms with van der Waals surface area (Å²) in [7, 11) is 2.01. The second kappa shape index (κ2) is 7.58. The minimum atomic E-state index is 0.384. The van der Waals surface area contributed by atoms with Crippen LogP contribution in [0.3, 0.4) is 0 Å². The first-order valence-corrected chi connectivity index (χ1v) is 7.10. The fourth-order valence-electron chi connectivity index (χ4n) is 1.75. The number of para-hydroxylation sites is 1. The Balaban J connectivity index is 2.81. The van der Waals surface area contributed by atoms with E-state index in [1.165, 1.54) is 5.56 Å². The Labute approximate surface area is 103 Å². The van der Waals surface area contributed by atoms with Crippen LogP contribution in [-0.4, -0.2) is 25.7 Å². The summed E-state index contributed by atoms with van der Waals surface area (Å²) in [6.45, 7) is 2.74. The largest absolute Gasteiger partial charge is 0.494 e. The van der Waals surface area contributed by atoms with Crippen LogP contribution in [0, 0.1) is 0 Å². The number of hydrogen-bond donors (Lipinski definition) is 1. The monoisotopic (exact) mass is 239 g/mol. The van der Waals surface area contributed by atoms with Crippen molar-refractivity contribution in [2.24, 2.45) is 0 Å². The number of benzene rings is 1. The average Bonchev–Trinajstić information content (AvgIpc) is 2.32. The maximum Gasteiger partial charge on any atom is 0.124 e. The molecule has 0 radical (unpaired) electrons. The summed E-state index contributed by atoms with van der Waals surface area (Å²) in [6.07, 6.45) is 3.27. The minimum Gasteiger partial charge on any atom is -0.494 e. The molecule has 1 aromatic rings. The lowest BCUT2D eigenvalue weighted by molar-refractivity contribution is 0.332. The maximum atomic E-state index is 5.65. The van der Waals surface area contributed by atoms with E-state index in [1.54, 1.807) is 0 Å². The van der Waals surface area contributed by atoms with E-state index in [2.05, 4.69) is 23.7 Å². The highest BCUT2D eigenvalue weighted by atomic mass is 32.2. The van der Waals surface area contributed by atoms with Crippen molar-refractivity contribution in [2.75, 3.05) is 25.7 Å². The lowest BCUT2D eigenvalue weighted by Crippen LogP contribution is -2.18. The zero-order valence-electron chi connectivity index (χ0n) is 10.3. The van der Waals surface area contributed by atoms with Crippen LogP contribution in [-0.2, 0) is 0 Å². The molecule has 1 atom stereocenters. The van der Waals surface area contributed by atoms with Crippen molar-refractivity contribution in [3.8, 4) is 5.75 Å². The molecule has 2 nitrogen and oxygen atoms in total. The van der Waals surface area contributed by atoms with Gasteiger partial charge in [0.25, 0.3) is 0 Å². The summed E-state index contributed by atoms with van der Waals surface area (Å²) in [5, 5.41) is 3.36. The maximum absolute atomic E-state index is 5.65. The van der Waals surface area contributed by atoms with Gasteiger partial charge in [0.2, 0.25) is 0 Å². The summed E-state index contributed by atoms with van der Waals surface area (Å²) in [5.41, 5.74) is 1.26. The minimum absolute atomic E-state index is 0.384. The third-order valence-electron chi connectivity index (χ3n) is 2.55. The molecule has 1 unspecified atom stereocenters. The predicted molar refractivity (Wildman–Crippen MR) is 72.4 cm³/mol. The van der Waals surface area contributed by atoms with Gasteiger partial charge in [0.05, 0.1) is 6.61 Å². The van der Waals surface area contributed by atoms with E-state index in [1.807, 2.05) is 37.9 Å². The first kappa shape index (κ1) is 13.4. The van der Waals surface area contributed by atoms with E-state index in [0.29, 0.717) is 6.04 Å². The van der Waals surface area contributed by atoms with Crippen LogP contribution in [0.4, 0.5) is 0 Å². The second-order valence-electron chi connectivity index (χ2n) is 3.59. The van der Waals surface area contributed by atoms with Crippen molar-refractivity contribution in [1.82, 2.24) is 5.32 Å². The van der Waals surface area contributed by atoms with E-state index < -0.39 is 0 Å². The lowest BCUT2D eigenvalue weighted by Gasteiger charge is -2.19. The van der Waals surface area contributed by atoms with Crippen LogP contribution in [0.5, 0.6) is 5.75 Å². The molecule has 0 fully saturated rings. The predicted octanol–water partition coefficient (Wildman–Crippen LogP) is 3.10. The third kappa shape index (κ3) is 3.72. The molecule has 3 heteroatoms. The molecule has 0 aliphatic carbocycles. The van der Waals surface area contributed by atoms with Gasteiger partial charge in [-0.3, -0.25) is 0 Å². The molecular formula is C13H21NOS. The van der Waals surface area contributed by atoms with Crippen LogP contribution in [0.15, 0.2) is 24.3 Å². The van der Waals surface area contributed by atoms with Gasteiger partial charge in [-0.1, -0.05) is 18.2 Å². The summed E-state index contributed by atoms with van der Waals surface area (Å²) < 4.78 is 5.65. The van der Waals surface area contributed by atoms with Gasteiger partial charge in [0.15, 0.2) is 0 Å². The highest BCUT2D eigenvalue weighted by Crippen LogP contribution is 2.27. The number of thioether (sulfide) groups is 1. The molecule has 0 heterocycles. The van der Waals surface area contributed by atoms with Gasteiger partial charge >= 0.3 is 0 Å². The van der Waals surface area contributed by atoms with Crippen molar-refractivity contribution < 1.29 is 4.74 Å². The molecule has 1 N–H and O–H groups in total. The van der Waals surface area contributed by atoms with Gasteiger partial charge < -0.3 is 10.1 Å². The van der Waals surface area contributed by atoms with Gasteiger partial charge in [0.1, 0.15) is 5.75 Å². The van der Waals surface area contributed by atoms with Crippen molar-refractivity contribution in [1.29, 1.82) is 0 Å².